The van der Waals surface area contributed by atoms with Crippen molar-refractivity contribution in [2.75, 3.05) is 27.2 Å². The molecule has 0 N–H and O–H groups in total. The van der Waals surface area contributed by atoms with Gasteiger partial charge in [-0.15, -0.1) is 0 Å². The molecule has 0 amide bonds. The molecule has 34 heavy (non-hydrogen) atoms. The summed E-state index contributed by atoms with van der Waals surface area (Å²) in [5.74, 6) is -0.00138. The Bertz CT molecular complexity index is 1320. The third-order valence-electron chi connectivity index (χ3n) is 5.90. The molecule has 1 aliphatic heterocycles. The number of halogens is 1. The summed E-state index contributed by atoms with van der Waals surface area (Å²) in [6.45, 7) is 4.25. The number of methoxy groups -OCH3 is 1. The number of fused-ring (bicyclic) bond motifs is 1. The molecule has 0 radical (unpaired) electrons. The van der Waals surface area contributed by atoms with E-state index in [1.807, 2.05) is 0 Å². The van der Waals surface area contributed by atoms with Gasteiger partial charge in [0.2, 0.25) is 5.88 Å². The number of nitrogens with zero attached hydrogens (tertiary/aromatic N) is 6. The summed E-state index contributed by atoms with van der Waals surface area (Å²) in [5.41, 5.74) is 4.06. The van der Waals surface area contributed by atoms with Crippen LogP contribution in [-0.4, -0.2) is 51.5 Å². The number of ether oxygens (including phenoxy) is 1. The third-order valence-corrected chi connectivity index (χ3v) is 5.90. The van der Waals surface area contributed by atoms with Crippen molar-refractivity contribution < 1.29 is 9.13 Å². The van der Waals surface area contributed by atoms with E-state index in [4.69, 9.17) is 10.00 Å². The van der Waals surface area contributed by atoms with Gasteiger partial charge in [-0.3, -0.25) is 9.38 Å². The molecule has 0 unspecified atom stereocenters. The van der Waals surface area contributed by atoms with Crippen molar-refractivity contribution in [2.45, 2.75) is 26.2 Å². The second kappa shape index (κ2) is 10.4. The van der Waals surface area contributed by atoms with Gasteiger partial charge in [0.1, 0.15) is 11.3 Å². The van der Waals surface area contributed by atoms with Crippen LogP contribution in [0.2, 0.25) is 0 Å². The van der Waals surface area contributed by atoms with Gasteiger partial charge in [-0.05, 0) is 58.1 Å². The van der Waals surface area contributed by atoms with E-state index < -0.39 is 5.82 Å². The summed E-state index contributed by atoms with van der Waals surface area (Å²) < 4.78 is 21.4. The summed E-state index contributed by atoms with van der Waals surface area (Å²) in [4.78, 5) is 15.3. The SMILES string of the molecule is CN1CCCCC1.COc1nc(-c2ccc(C#N)cc2)c(-c2cnc(C)c(F)c2)n2cncc12. The summed E-state index contributed by atoms with van der Waals surface area (Å²) >= 11 is 0. The molecule has 0 bridgehead atoms. The molecule has 0 atom stereocenters. The summed E-state index contributed by atoms with van der Waals surface area (Å²) in [5, 5.41) is 9.04. The molecule has 7 nitrogen and oxygen atoms in total. The van der Waals surface area contributed by atoms with Crippen LogP contribution in [0.3, 0.4) is 0 Å². The number of hydrogen-bond donors (Lipinski definition) is 0. The number of aryl methyl sites for hydroxylation is 1. The van der Waals surface area contributed by atoms with Crippen LogP contribution < -0.4 is 4.74 Å². The van der Waals surface area contributed by atoms with Crippen molar-refractivity contribution in [1.82, 2.24) is 24.3 Å². The number of rotatable bonds is 3. The molecule has 4 heterocycles. The maximum atomic E-state index is 14.2. The second-order valence-corrected chi connectivity index (χ2v) is 8.31. The highest BCUT2D eigenvalue weighted by Crippen LogP contribution is 2.35. The largest absolute Gasteiger partial charge is 0.479 e. The van der Waals surface area contributed by atoms with Crippen molar-refractivity contribution in [3.63, 3.8) is 0 Å². The molecule has 0 saturated carbocycles. The van der Waals surface area contributed by atoms with Gasteiger partial charge >= 0.3 is 0 Å². The molecule has 0 spiro atoms. The van der Waals surface area contributed by atoms with Gasteiger partial charge in [-0.2, -0.15) is 5.26 Å². The Balaban J connectivity index is 0.000000336. The lowest BCUT2D eigenvalue weighted by atomic mass is 10.0. The van der Waals surface area contributed by atoms with Crippen LogP contribution >= 0.6 is 0 Å². The number of pyridine rings is 1. The van der Waals surface area contributed by atoms with Crippen LogP contribution in [0.5, 0.6) is 5.88 Å². The van der Waals surface area contributed by atoms with Crippen LogP contribution in [-0.2, 0) is 0 Å². The number of piperidine rings is 1. The minimum Gasteiger partial charge on any atom is -0.479 e. The Morgan fingerprint density at radius 3 is 2.38 bits per heavy atom. The van der Waals surface area contributed by atoms with Crippen LogP contribution in [0.4, 0.5) is 4.39 Å². The predicted molar refractivity (Wildman–Crippen MR) is 129 cm³/mol. The van der Waals surface area contributed by atoms with Gasteiger partial charge in [0.05, 0.1) is 48.3 Å². The highest BCUT2D eigenvalue weighted by Gasteiger charge is 2.19. The number of aromatic nitrogens is 4. The van der Waals surface area contributed by atoms with Crippen molar-refractivity contribution in [3.05, 3.63) is 66.1 Å². The first kappa shape index (κ1) is 23.3. The van der Waals surface area contributed by atoms with E-state index in [1.54, 1.807) is 54.3 Å². The van der Waals surface area contributed by atoms with E-state index in [1.165, 1.54) is 45.5 Å². The fraction of sp³-hybridized carbons (Fsp3) is 0.308. The van der Waals surface area contributed by atoms with Gasteiger partial charge in [0.15, 0.2) is 0 Å². The van der Waals surface area contributed by atoms with Crippen molar-refractivity contribution in [2.24, 2.45) is 0 Å². The quantitative estimate of drug-likeness (QED) is 0.435. The maximum Gasteiger partial charge on any atom is 0.240 e. The van der Waals surface area contributed by atoms with Gasteiger partial charge in [-0.1, -0.05) is 18.6 Å². The molecule has 1 aromatic carbocycles. The van der Waals surface area contributed by atoms with Crippen molar-refractivity contribution >= 4 is 5.52 Å². The highest BCUT2D eigenvalue weighted by atomic mass is 19.1. The molecule has 5 rings (SSSR count). The lowest BCUT2D eigenvalue weighted by Crippen LogP contribution is -2.24. The Labute approximate surface area is 198 Å². The predicted octanol–water partition coefficient (Wildman–Crippen LogP) is 4.89. The minimum absolute atomic E-state index is 0.321. The number of nitriles is 1. The average molecular weight is 459 g/mol. The second-order valence-electron chi connectivity index (χ2n) is 8.31. The Kier molecular flexibility index (Phi) is 7.14. The normalized spacial score (nSPS) is 13.7. The first-order chi connectivity index (χ1) is 16.5. The van der Waals surface area contributed by atoms with Crippen LogP contribution in [0.25, 0.3) is 28.0 Å². The first-order valence-electron chi connectivity index (χ1n) is 11.2. The molecule has 1 fully saturated rings. The topological polar surface area (TPSA) is 79.3 Å². The molecule has 174 valence electrons. The smallest absolute Gasteiger partial charge is 0.240 e. The summed E-state index contributed by atoms with van der Waals surface area (Å²) in [7, 11) is 3.73. The molecule has 4 aromatic rings. The lowest BCUT2D eigenvalue weighted by Gasteiger charge is -2.20. The fourth-order valence-corrected chi connectivity index (χ4v) is 3.98. The third kappa shape index (κ3) is 4.90. The molecule has 8 heteroatoms. The Morgan fingerprint density at radius 2 is 1.79 bits per heavy atom. The van der Waals surface area contributed by atoms with Gasteiger partial charge in [-0.25, -0.2) is 14.4 Å². The molecule has 3 aromatic heterocycles. The fourth-order valence-electron chi connectivity index (χ4n) is 3.98. The number of hydrogen-bond acceptors (Lipinski definition) is 6. The molecular weight excluding hydrogens is 431 g/mol. The van der Waals surface area contributed by atoms with Crippen LogP contribution in [0, 0.1) is 24.1 Å². The first-order valence-corrected chi connectivity index (χ1v) is 11.2. The summed E-state index contributed by atoms with van der Waals surface area (Å²) in [6, 6.07) is 10.5. The van der Waals surface area contributed by atoms with E-state index in [9.17, 15) is 4.39 Å². The number of likely N-dealkylation sites (tertiary alicyclic amines) is 1. The minimum atomic E-state index is -0.401. The monoisotopic (exact) mass is 458 g/mol. The van der Waals surface area contributed by atoms with Crippen molar-refractivity contribution in [1.29, 1.82) is 5.26 Å². The van der Waals surface area contributed by atoms with Gasteiger partial charge in [0, 0.05) is 17.3 Å². The molecule has 1 saturated heterocycles. The Morgan fingerprint density at radius 1 is 1.06 bits per heavy atom. The van der Waals surface area contributed by atoms with Gasteiger partial charge in [0.25, 0.3) is 0 Å². The lowest BCUT2D eigenvalue weighted by molar-refractivity contribution is 0.277. The Hall–Kier alpha value is -3.83. The zero-order valence-corrected chi connectivity index (χ0v) is 19.6. The van der Waals surface area contributed by atoms with E-state index in [2.05, 4.69) is 33.0 Å². The maximum absolute atomic E-state index is 14.2. The van der Waals surface area contributed by atoms with Gasteiger partial charge < -0.3 is 9.64 Å². The van der Waals surface area contributed by atoms with E-state index in [0.717, 1.165) is 5.56 Å². The van der Waals surface area contributed by atoms with Crippen LogP contribution in [0.1, 0.15) is 30.5 Å². The van der Waals surface area contributed by atoms with E-state index in [-0.39, 0.29) is 0 Å². The molecular formula is C26H27FN6O. The number of benzene rings is 1. The highest BCUT2D eigenvalue weighted by molar-refractivity contribution is 5.82. The van der Waals surface area contributed by atoms with Crippen molar-refractivity contribution in [3.8, 4) is 34.5 Å². The summed E-state index contributed by atoms with van der Waals surface area (Å²) in [6.07, 6.45) is 9.14. The van der Waals surface area contributed by atoms with E-state index in [0.29, 0.717) is 39.6 Å². The zero-order chi connectivity index (χ0) is 24.1. The van der Waals surface area contributed by atoms with Crippen LogP contribution in [0.15, 0.2) is 49.1 Å². The van der Waals surface area contributed by atoms with E-state index >= 15 is 0 Å². The molecule has 0 aliphatic carbocycles. The zero-order valence-electron chi connectivity index (χ0n) is 19.6. The average Bonchev–Trinajstić information content (AvgIpc) is 3.36. The number of imidazole rings is 1. The molecule has 1 aliphatic rings. The standard InChI is InChI=1S/C20H14FN5O.C6H13N/c1-12-16(21)7-15(9-24-12)19-18(14-5-3-13(8-22)4-6-14)25-20(27-2)17-10-23-11-26(17)19;1-7-5-3-2-4-6-7/h3-7,9-11H,1-2H3;2-6H2,1H3.